The van der Waals surface area contributed by atoms with Crippen LogP contribution in [-0.2, 0) is 14.3 Å². The third-order valence-corrected chi connectivity index (χ3v) is 4.03. The maximum atomic E-state index is 12.2. The van der Waals surface area contributed by atoms with E-state index in [2.05, 4.69) is 5.32 Å². The van der Waals surface area contributed by atoms with Crippen LogP contribution in [0.2, 0.25) is 0 Å². The Morgan fingerprint density at radius 2 is 2.00 bits per heavy atom. The first kappa shape index (κ1) is 16.5. The third kappa shape index (κ3) is 4.05. The molecule has 1 amide bonds. The van der Waals surface area contributed by atoms with E-state index in [1.807, 2.05) is 32.0 Å². The molecule has 0 saturated carbocycles. The van der Waals surface area contributed by atoms with Crippen molar-refractivity contribution in [1.82, 2.24) is 4.90 Å². The maximum Gasteiger partial charge on any atom is 0.321 e. The van der Waals surface area contributed by atoms with Crippen LogP contribution in [0.5, 0.6) is 0 Å². The number of benzene rings is 1. The Kier molecular flexibility index (Phi) is 5.51. The zero-order valence-electron chi connectivity index (χ0n) is 13.0. The van der Waals surface area contributed by atoms with Gasteiger partial charge in [-0.1, -0.05) is 12.1 Å². The molecule has 1 aromatic carbocycles. The molecule has 22 heavy (non-hydrogen) atoms. The van der Waals surface area contributed by atoms with Gasteiger partial charge in [0.25, 0.3) is 0 Å². The molecule has 0 aromatic heterocycles. The Balaban J connectivity index is 2.02. The highest BCUT2D eigenvalue weighted by atomic mass is 16.5. The Bertz CT molecular complexity index is 553. The quantitative estimate of drug-likeness (QED) is 0.860. The molecule has 1 atom stereocenters. The summed E-state index contributed by atoms with van der Waals surface area (Å²) in [6.07, 6.45) is -0.0668. The third-order valence-electron chi connectivity index (χ3n) is 4.03. The van der Waals surface area contributed by atoms with Gasteiger partial charge in [-0.2, -0.15) is 0 Å². The lowest BCUT2D eigenvalue weighted by Gasteiger charge is -2.31. The molecule has 2 N–H and O–H groups in total. The summed E-state index contributed by atoms with van der Waals surface area (Å²) in [5.74, 6) is -1.26. The van der Waals surface area contributed by atoms with E-state index < -0.39 is 12.0 Å². The van der Waals surface area contributed by atoms with Gasteiger partial charge in [-0.05, 0) is 31.0 Å². The van der Waals surface area contributed by atoms with Gasteiger partial charge in [0.05, 0.1) is 19.6 Å². The summed E-state index contributed by atoms with van der Waals surface area (Å²) in [6.45, 7) is 5.98. The van der Waals surface area contributed by atoms with Gasteiger partial charge in [0.1, 0.15) is 6.04 Å². The summed E-state index contributed by atoms with van der Waals surface area (Å²) in [5.41, 5.74) is 2.81. The van der Waals surface area contributed by atoms with Gasteiger partial charge in [0.2, 0.25) is 5.91 Å². The number of morpholine rings is 1. The Morgan fingerprint density at radius 1 is 1.32 bits per heavy atom. The molecule has 1 heterocycles. The van der Waals surface area contributed by atoms with Crippen molar-refractivity contribution < 1.29 is 19.4 Å². The number of carboxylic acids is 1. The Hall–Kier alpha value is -1.92. The molecule has 0 unspecified atom stereocenters. The number of carbonyl (C=O) groups is 2. The fraction of sp³-hybridized carbons (Fsp3) is 0.500. The monoisotopic (exact) mass is 306 g/mol. The van der Waals surface area contributed by atoms with Crippen LogP contribution in [0.3, 0.4) is 0 Å². The highest BCUT2D eigenvalue weighted by molar-refractivity contribution is 5.94. The molecule has 1 saturated heterocycles. The number of carboxylic acid groups (broad SMARTS) is 1. The fourth-order valence-corrected chi connectivity index (χ4v) is 2.53. The Labute approximate surface area is 130 Å². The van der Waals surface area contributed by atoms with Crippen molar-refractivity contribution in [3.8, 4) is 0 Å². The van der Waals surface area contributed by atoms with Crippen molar-refractivity contribution in [3.63, 3.8) is 0 Å². The minimum Gasteiger partial charge on any atom is -0.480 e. The first-order valence-corrected chi connectivity index (χ1v) is 7.39. The van der Waals surface area contributed by atoms with E-state index in [0.29, 0.717) is 26.3 Å². The van der Waals surface area contributed by atoms with E-state index in [9.17, 15) is 14.7 Å². The van der Waals surface area contributed by atoms with E-state index in [1.54, 1.807) is 4.90 Å². The summed E-state index contributed by atoms with van der Waals surface area (Å²) >= 11 is 0. The molecule has 120 valence electrons. The average Bonchev–Trinajstić information content (AvgIpc) is 2.50. The molecule has 2 rings (SSSR count). The molecule has 1 aliphatic rings. The molecule has 0 aliphatic carbocycles. The number of carbonyl (C=O) groups excluding carboxylic acids is 1. The molecule has 1 aromatic rings. The van der Waals surface area contributed by atoms with Crippen LogP contribution in [0.25, 0.3) is 0 Å². The highest BCUT2D eigenvalue weighted by Gasteiger charge is 2.29. The molecule has 0 bridgehead atoms. The molecule has 6 nitrogen and oxygen atoms in total. The lowest BCUT2D eigenvalue weighted by Crippen LogP contribution is -2.48. The van der Waals surface area contributed by atoms with Gasteiger partial charge in [-0.15, -0.1) is 0 Å². The largest absolute Gasteiger partial charge is 0.480 e. The first-order chi connectivity index (χ1) is 10.5. The zero-order chi connectivity index (χ0) is 16.1. The second kappa shape index (κ2) is 7.38. The molecular weight excluding hydrogens is 284 g/mol. The molecule has 1 fully saturated rings. The van der Waals surface area contributed by atoms with Gasteiger partial charge in [0.15, 0.2) is 0 Å². The van der Waals surface area contributed by atoms with Crippen molar-refractivity contribution in [3.05, 3.63) is 29.3 Å². The van der Waals surface area contributed by atoms with Crippen LogP contribution in [0.1, 0.15) is 17.5 Å². The topological polar surface area (TPSA) is 78.9 Å². The second-order valence-electron chi connectivity index (χ2n) is 5.50. The van der Waals surface area contributed by atoms with Crippen molar-refractivity contribution >= 4 is 17.6 Å². The fourth-order valence-electron chi connectivity index (χ4n) is 2.53. The van der Waals surface area contributed by atoms with Gasteiger partial charge in [0, 0.05) is 18.8 Å². The lowest BCUT2D eigenvalue weighted by atomic mass is 10.1. The number of aryl methyl sites for hydroxylation is 1. The zero-order valence-corrected chi connectivity index (χ0v) is 13.0. The number of nitrogens with one attached hydrogen (secondary N) is 1. The highest BCUT2D eigenvalue weighted by Crippen LogP contribution is 2.19. The number of rotatable bonds is 5. The predicted molar refractivity (Wildman–Crippen MR) is 83.0 cm³/mol. The average molecular weight is 306 g/mol. The molecular formula is C16H22N2O4. The summed E-state index contributed by atoms with van der Waals surface area (Å²) in [6, 6.07) is 4.85. The number of ether oxygens (including phenoxy) is 1. The number of aliphatic carboxylic acids is 1. The van der Waals surface area contributed by atoms with Crippen LogP contribution in [0.4, 0.5) is 5.69 Å². The molecule has 0 radical (unpaired) electrons. The SMILES string of the molecule is Cc1cccc(NC(=O)C[C@H](C(=O)O)N2CCOCC2)c1C. The van der Waals surface area contributed by atoms with E-state index in [0.717, 1.165) is 16.8 Å². The summed E-state index contributed by atoms with van der Waals surface area (Å²) in [4.78, 5) is 25.4. The van der Waals surface area contributed by atoms with E-state index in [-0.39, 0.29) is 12.3 Å². The van der Waals surface area contributed by atoms with E-state index >= 15 is 0 Å². The minimum atomic E-state index is -0.974. The standard InChI is InChI=1S/C16H22N2O4/c1-11-4-3-5-13(12(11)2)17-15(19)10-14(16(20)21)18-6-8-22-9-7-18/h3-5,14H,6-10H2,1-2H3,(H,17,19)(H,20,21)/t14-/m1/s1. The first-order valence-electron chi connectivity index (χ1n) is 7.39. The number of anilines is 1. The predicted octanol–water partition coefficient (Wildman–Crippen LogP) is 1.42. The minimum absolute atomic E-state index is 0.0668. The Morgan fingerprint density at radius 3 is 2.64 bits per heavy atom. The number of hydrogen-bond donors (Lipinski definition) is 2. The van der Waals surface area contributed by atoms with Crippen molar-refractivity contribution in [1.29, 1.82) is 0 Å². The normalized spacial score (nSPS) is 17.0. The molecule has 6 heteroatoms. The molecule has 1 aliphatic heterocycles. The van der Waals surface area contributed by atoms with Gasteiger partial charge < -0.3 is 15.2 Å². The summed E-state index contributed by atoms with van der Waals surface area (Å²) < 4.78 is 5.22. The van der Waals surface area contributed by atoms with Crippen LogP contribution in [0.15, 0.2) is 18.2 Å². The summed E-state index contributed by atoms with van der Waals surface area (Å²) in [5, 5.41) is 12.2. The van der Waals surface area contributed by atoms with Gasteiger partial charge in [-0.3, -0.25) is 14.5 Å². The van der Waals surface area contributed by atoms with Crippen LogP contribution in [0, 0.1) is 13.8 Å². The second-order valence-corrected chi connectivity index (χ2v) is 5.50. The summed E-state index contributed by atoms with van der Waals surface area (Å²) in [7, 11) is 0. The number of amides is 1. The van der Waals surface area contributed by atoms with Crippen LogP contribution >= 0.6 is 0 Å². The lowest BCUT2D eigenvalue weighted by molar-refractivity contribution is -0.147. The molecule has 0 spiro atoms. The van der Waals surface area contributed by atoms with Gasteiger partial charge >= 0.3 is 5.97 Å². The van der Waals surface area contributed by atoms with Crippen molar-refractivity contribution in [2.45, 2.75) is 26.3 Å². The number of hydrogen-bond acceptors (Lipinski definition) is 4. The van der Waals surface area contributed by atoms with E-state index in [4.69, 9.17) is 4.74 Å². The van der Waals surface area contributed by atoms with Crippen LogP contribution in [-0.4, -0.2) is 54.2 Å². The van der Waals surface area contributed by atoms with Gasteiger partial charge in [-0.25, -0.2) is 0 Å². The maximum absolute atomic E-state index is 12.2. The smallest absolute Gasteiger partial charge is 0.321 e. The van der Waals surface area contributed by atoms with Crippen molar-refractivity contribution in [2.24, 2.45) is 0 Å². The number of nitrogens with zero attached hydrogens (tertiary/aromatic N) is 1. The van der Waals surface area contributed by atoms with E-state index in [1.165, 1.54) is 0 Å². The van der Waals surface area contributed by atoms with Crippen LogP contribution < -0.4 is 5.32 Å². The van der Waals surface area contributed by atoms with Crippen molar-refractivity contribution in [2.75, 3.05) is 31.6 Å².